The summed E-state index contributed by atoms with van der Waals surface area (Å²) in [6, 6.07) is 4.50. The van der Waals surface area contributed by atoms with E-state index in [9.17, 15) is 4.79 Å². The molecule has 4 heteroatoms. The Bertz CT molecular complexity index is 736. The number of hydrogen-bond donors (Lipinski definition) is 0. The van der Waals surface area contributed by atoms with Crippen LogP contribution in [0, 0.1) is 17.3 Å². The summed E-state index contributed by atoms with van der Waals surface area (Å²) in [5.74, 6) is 4.12. The Labute approximate surface area is 158 Å². The average Bonchev–Trinajstić information content (AvgIpc) is 2.88. The summed E-state index contributed by atoms with van der Waals surface area (Å²) in [7, 11) is 0.0645. The van der Waals surface area contributed by atoms with Crippen LogP contribution >= 0.6 is 0 Å². The average molecular weight is 373 g/mol. The molecule has 0 heterocycles. The van der Waals surface area contributed by atoms with Gasteiger partial charge in [0.05, 0.1) is 7.11 Å². The van der Waals surface area contributed by atoms with E-state index in [1.54, 1.807) is 7.11 Å². The number of benzene rings is 1. The van der Waals surface area contributed by atoms with Crippen LogP contribution in [-0.4, -0.2) is 21.2 Å². The number of ketones is 1. The molecule has 0 amide bonds. The fourth-order valence-electron chi connectivity index (χ4n) is 5.92. The molecular weight excluding hydrogens is 340 g/mol. The van der Waals surface area contributed by atoms with E-state index in [0.29, 0.717) is 23.5 Å². The predicted molar refractivity (Wildman–Crippen MR) is 107 cm³/mol. The maximum Gasteiger partial charge on any atom is 0.242 e. The minimum atomic E-state index is -1.68. The highest BCUT2D eigenvalue weighted by Gasteiger charge is 2.54. The second-order valence-electron chi connectivity index (χ2n) is 9.75. The van der Waals surface area contributed by atoms with Gasteiger partial charge in [-0.2, -0.15) is 0 Å². The third kappa shape index (κ3) is 2.81. The molecule has 3 aliphatic carbocycles. The first-order valence-corrected chi connectivity index (χ1v) is 13.6. The van der Waals surface area contributed by atoms with E-state index in [-0.39, 0.29) is 5.41 Å². The Hall–Kier alpha value is -1.29. The maximum atomic E-state index is 12.5. The van der Waals surface area contributed by atoms with Gasteiger partial charge in [0.15, 0.2) is 5.75 Å². The zero-order chi connectivity index (χ0) is 18.7. The Morgan fingerprint density at radius 1 is 1.08 bits per heavy atom. The summed E-state index contributed by atoms with van der Waals surface area (Å²) in [4.78, 5) is 12.5. The van der Waals surface area contributed by atoms with Crippen molar-refractivity contribution >= 4 is 14.1 Å². The SMILES string of the molecule is COc1cc2c(cc1O[Si](C)(C)C)CCC1C2CCC2(C)C(=O)CCC12. The van der Waals surface area contributed by atoms with E-state index >= 15 is 0 Å². The first kappa shape index (κ1) is 18.1. The first-order chi connectivity index (χ1) is 12.2. The van der Waals surface area contributed by atoms with Crippen molar-refractivity contribution in [1.82, 2.24) is 0 Å². The van der Waals surface area contributed by atoms with E-state index in [1.165, 1.54) is 17.5 Å². The van der Waals surface area contributed by atoms with Crippen molar-refractivity contribution in [3.05, 3.63) is 23.3 Å². The first-order valence-electron chi connectivity index (χ1n) is 10.2. The summed E-state index contributed by atoms with van der Waals surface area (Å²) in [5, 5.41) is 0. The van der Waals surface area contributed by atoms with E-state index in [0.717, 1.165) is 43.6 Å². The molecule has 4 atom stereocenters. The maximum absolute atomic E-state index is 12.5. The molecule has 4 unspecified atom stereocenters. The lowest BCUT2D eigenvalue weighted by molar-refractivity contribution is -0.129. The molecule has 1 aromatic carbocycles. The van der Waals surface area contributed by atoms with Gasteiger partial charge in [0.1, 0.15) is 11.5 Å². The molecule has 0 radical (unpaired) electrons. The monoisotopic (exact) mass is 372 g/mol. The van der Waals surface area contributed by atoms with Crippen molar-refractivity contribution in [3.8, 4) is 11.5 Å². The summed E-state index contributed by atoms with van der Waals surface area (Å²) >= 11 is 0. The number of ether oxygens (including phenoxy) is 1. The van der Waals surface area contributed by atoms with Crippen molar-refractivity contribution in [3.63, 3.8) is 0 Å². The third-order valence-corrected chi connectivity index (χ3v) is 7.97. The lowest BCUT2D eigenvalue weighted by atomic mass is 9.55. The lowest BCUT2D eigenvalue weighted by Gasteiger charge is -2.48. The molecule has 2 fully saturated rings. The zero-order valence-electron chi connectivity index (χ0n) is 16.9. The van der Waals surface area contributed by atoms with Crippen LogP contribution in [0.4, 0.5) is 0 Å². The molecule has 0 aromatic heterocycles. The van der Waals surface area contributed by atoms with Crippen molar-refractivity contribution in [2.75, 3.05) is 7.11 Å². The number of fused-ring (bicyclic) bond motifs is 5. The van der Waals surface area contributed by atoms with Crippen LogP contribution in [0.3, 0.4) is 0 Å². The molecule has 0 bridgehead atoms. The van der Waals surface area contributed by atoms with Crippen molar-refractivity contribution in [2.24, 2.45) is 17.3 Å². The van der Waals surface area contributed by atoms with Gasteiger partial charge in [-0.05, 0) is 92.8 Å². The normalized spacial score (nSPS) is 33.3. The largest absolute Gasteiger partial charge is 0.542 e. The van der Waals surface area contributed by atoms with Gasteiger partial charge in [-0.25, -0.2) is 0 Å². The molecule has 26 heavy (non-hydrogen) atoms. The van der Waals surface area contributed by atoms with Crippen molar-refractivity contribution in [1.29, 1.82) is 0 Å². The summed E-state index contributed by atoms with van der Waals surface area (Å²) in [5.41, 5.74) is 2.85. The fourth-order valence-corrected chi connectivity index (χ4v) is 6.74. The number of carbonyl (C=O) groups is 1. The van der Waals surface area contributed by atoms with Gasteiger partial charge >= 0.3 is 0 Å². The lowest BCUT2D eigenvalue weighted by Crippen LogP contribution is -2.42. The number of hydrogen-bond acceptors (Lipinski definition) is 3. The van der Waals surface area contributed by atoms with Crippen LogP contribution in [0.25, 0.3) is 0 Å². The standard InChI is InChI=1S/C22H32O3Si/c1-22-11-10-15-16(18(22)8-9-21(22)23)7-6-14-12-20(25-26(3,4)5)19(24-2)13-17(14)15/h12-13,15-16,18H,6-11H2,1-5H3. The summed E-state index contributed by atoms with van der Waals surface area (Å²) < 4.78 is 12.0. The van der Waals surface area contributed by atoms with E-state index in [1.807, 2.05) is 0 Å². The van der Waals surface area contributed by atoms with Gasteiger partial charge in [0.2, 0.25) is 8.32 Å². The van der Waals surface area contributed by atoms with Crippen LogP contribution in [0.15, 0.2) is 12.1 Å². The van der Waals surface area contributed by atoms with Gasteiger partial charge in [-0.15, -0.1) is 0 Å². The molecular formula is C22H32O3Si. The molecule has 0 N–H and O–H groups in total. The quantitative estimate of drug-likeness (QED) is 0.672. The number of rotatable bonds is 3. The molecule has 1 aromatic rings. The van der Waals surface area contributed by atoms with Gasteiger partial charge in [-0.1, -0.05) is 6.92 Å². The zero-order valence-corrected chi connectivity index (χ0v) is 17.9. The van der Waals surface area contributed by atoms with Crippen LogP contribution in [0.1, 0.15) is 56.1 Å². The second kappa shape index (κ2) is 6.12. The van der Waals surface area contributed by atoms with Gasteiger partial charge < -0.3 is 9.16 Å². The predicted octanol–water partition coefficient (Wildman–Crippen LogP) is 5.33. The number of methoxy groups -OCH3 is 1. The van der Waals surface area contributed by atoms with Crippen molar-refractivity contribution in [2.45, 2.75) is 71.0 Å². The topological polar surface area (TPSA) is 35.5 Å². The van der Waals surface area contributed by atoms with Crippen LogP contribution in [0.2, 0.25) is 19.6 Å². The molecule has 3 aliphatic rings. The van der Waals surface area contributed by atoms with Crippen LogP contribution < -0.4 is 9.16 Å². The summed E-state index contributed by atoms with van der Waals surface area (Å²) in [6.45, 7) is 8.87. The fraction of sp³-hybridized carbons (Fsp3) is 0.682. The van der Waals surface area contributed by atoms with Gasteiger partial charge in [0.25, 0.3) is 0 Å². The highest BCUT2D eigenvalue weighted by Crippen LogP contribution is 2.60. The molecule has 0 spiro atoms. The molecule has 0 aliphatic heterocycles. The molecule has 142 valence electrons. The van der Waals surface area contributed by atoms with Crippen molar-refractivity contribution < 1.29 is 14.0 Å². The van der Waals surface area contributed by atoms with Gasteiger partial charge in [-0.3, -0.25) is 4.79 Å². The summed E-state index contributed by atoms with van der Waals surface area (Å²) in [6.07, 6.45) is 6.39. The molecule has 4 rings (SSSR count). The second-order valence-corrected chi connectivity index (χ2v) is 14.2. The Morgan fingerprint density at radius 3 is 2.54 bits per heavy atom. The molecule has 2 saturated carbocycles. The molecule has 0 saturated heterocycles. The highest BCUT2D eigenvalue weighted by atomic mass is 28.4. The smallest absolute Gasteiger partial charge is 0.242 e. The van der Waals surface area contributed by atoms with Crippen LogP contribution in [0.5, 0.6) is 11.5 Å². The van der Waals surface area contributed by atoms with E-state index in [2.05, 4.69) is 38.7 Å². The highest BCUT2D eigenvalue weighted by molar-refractivity contribution is 6.70. The third-order valence-electron chi connectivity index (χ3n) is 7.13. The Morgan fingerprint density at radius 2 is 1.85 bits per heavy atom. The molecule has 3 nitrogen and oxygen atoms in total. The van der Waals surface area contributed by atoms with E-state index in [4.69, 9.17) is 9.16 Å². The number of aryl methyl sites for hydroxylation is 1. The Balaban J connectivity index is 1.69. The van der Waals surface area contributed by atoms with Crippen LogP contribution in [-0.2, 0) is 11.2 Å². The van der Waals surface area contributed by atoms with Gasteiger partial charge in [0, 0.05) is 11.8 Å². The van der Waals surface area contributed by atoms with E-state index < -0.39 is 8.32 Å². The number of carbonyl (C=O) groups excluding carboxylic acids is 1. The minimum Gasteiger partial charge on any atom is -0.542 e. The minimum absolute atomic E-state index is 0.0519. The Kier molecular flexibility index (Phi) is 4.25. The number of Topliss-reactive ketones (excluding diaryl/α,β-unsaturated/α-hetero) is 1.